The quantitative estimate of drug-likeness (QED) is 0.174. The largest absolute Gasteiger partial charge is 0.456 e. The summed E-state index contributed by atoms with van der Waals surface area (Å²) in [6, 6.07) is 67.8. The van der Waals surface area contributed by atoms with Gasteiger partial charge in [0.05, 0.1) is 0 Å². The standard InChI is InChI=1S/C51H37NO/c1-51(2)46-16-8-6-13-43(46)45-33-38(27-32-47(45)51)36-21-19-34(20-22-36)35-23-28-40(29-24-35)52(39-11-4-3-5-12-39)41-30-25-37(26-31-41)42-15-10-18-49-50(42)44-14-7-9-17-48(44)53-49/h3-33H,1-2H3. The van der Waals surface area contributed by atoms with Gasteiger partial charge in [0, 0.05) is 33.2 Å². The first-order valence-corrected chi connectivity index (χ1v) is 18.3. The van der Waals surface area contributed by atoms with Crippen LogP contribution in [0.15, 0.2) is 192 Å². The Labute approximate surface area is 310 Å². The molecular formula is C51H37NO. The molecule has 1 aliphatic rings. The summed E-state index contributed by atoms with van der Waals surface area (Å²) >= 11 is 0. The monoisotopic (exact) mass is 679 g/mol. The number of furan rings is 1. The summed E-state index contributed by atoms with van der Waals surface area (Å²) < 4.78 is 6.18. The molecule has 9 aromatic rings. The van der Waals surface area contributed by atoms with Crippen LogP contribution >= 0.6 is 0 Å². The molecule has 0 unspecified atom stereocenters. The number of para-hydroxylation sites is 2. The van der Waals surface area contributed by atoms with Crippen molar-refractivity contribution < 1.29 is 4.42 Å². The third-order valence-electron chi connectivity index (χ3n) is 11.1. The van der Waals surface area contributed by atoms with Crippen LogP contribution in [0.5, 0.6) is 0 Å². The summed E-state index contributed by atoms with van der Waals surface area (Å²) in [6.45, 7) is 4.66. The summed E-state index contributed by atoms with van der Waals surface area (Å²) in [4.78, 5) is 2.32. The molecule has 252 valence electrons. The Morgan fingerprint density at radius 2 is 0.887 bits per heavy atom. The Bertz CT molecular complexity index is 2770. The summed E-state index contributed by atoms with van der Waals surface area (Å²) in [6.07, 6.45) is 0. The van der Waals surface area contributed by atoms with Gasteiger partial charge >= 0.3 is 0 Å². The average Bonchev–Trinajstić information content (AvgIpc) is 3.71. The SMILES string of the molecule is CC1(C)c2ccccc2-c2cc(-c3ccc(-c4ccc(N(c5ccccc5)c5ccc(-c6cccc7oc8ccccc8c67)cc5)cc4)cc3)ccc21. The third-order valence-corrected chi connectivity index (χ3v) is 11.1. The lowest BCUT2D eigenvalue weighted by Crippen LogP contribution is -2.14. The van der Waals surface area contributed by atoms with Crippen LogP contribution in [0.2, 0.25) is 0 Å². The van der Waals surface area contributed by atoms with Crippen molar-refractivity contribution in [2.45, 2.75) is 19.3 Å². The molecule has 0 fully saturated rings. The van der Waals surface area contributed by atoms with Gasteiger partial charge in [0.25, 0.3) is 0 Å². The van der Waals surface area contributed by atoms with Crippen molar-refractivity contribution in [2.24, 2.45) is 0 Å². The molecule has 8 aromatic carbocycles. The fraction of sp³-hybridized carbons (Fsp3) is 0.0588. The number of nitrogens with zero attached hydrogens (tertiary/aromatic N) is 1. The Kier molecular flexibility index (Phi) is 7.19. The summed E-state index contributed by atoms with van der Waals surface area (Å²) in [5.41, 5.74) is 17.9. The zero-order valence-electron chi connectivity index (χ0n) is 29.8. The normalized spacial score (nSPS) is 12.9. The highest BCUT2D eigenvalue weighted by molar-refractivity contribution is 6.12. The molecule has 0 atom stereocenters. The first-order chi connectivity index (χ1) is 26.0. The van der Waals surface area contributed by atoms with E-state index in [1.54, 1.807) is 0 Å². The van der Waals surface area contributed by atoms with E-state index in [4.69, 9.17) is 4.42 Å². The van der Waals surface area contributed by atoms with Gasteiger partial charge in [-0.25, -0.2) is 0 Å². The van der Waals surface area contributed by atoms with Crippen molar-refractivity contribution in [3.8, 4) is 44.5 Å². The van der Waals surface area contributed by atoms with E-state index in [-0.39, 0.29) is 5.41 Å². The van der Waals surface area contributed by atoms with Gasteiger partial charge in [-0.3, -0.25) is 0 Å². The van der Waals surface area contributed by atoms with Crippen molar-refractivity contribution in [1.82, 2.24) is 0 Å². The summed E-state index contributed by atoms with van der Waals surface area (Å²) in [5, 5.41) is 2.29. The summed E-state index contributed by atoms with van der Waals surface area (Å²) in [7, 11) is 0. The van der Waals surface area contributed by atoms with Crippen molar-refractivity contribution in [1.29, 1.82) is 0 Å². The van der Waals surface area contributed by atoms with E-state index >= 15 is 0 Å². The molecule has 0 saturated carbocycles. The fourth-order valence-corrected chi connectivity index (χ4v) is 8.39. The highest BCUT2D eigenvalue weighted by Gasteiger charge is 2.35. The van der Waals surface area contributed by atoms with E-state index in [9.17, 15) is 0 Å². The number of hydrogen-bond acceptors (Lipinski definition) is 2. The molecule has 1 aliphatic carbocycles. The molecule has 0 amide bonds. The predicted molar refractivity (Wildman–Crippen MR) is 222 cm³/mol. The number of benzene rings is 8. The maximum Gasteiger partial charge on any atom is 0.136 e. The zero-order valence-corrected chi connectivity index (χ0v) is 29.8. The van der Waals surface area contributed by atoms with E-state index in [0.29, 0.717) is 0 Å². The molecule has 10 rings (SSSR count). The zero-order chi connectivity index (χ0) is 35.5. The second-order valence-corrected chi connectivity index (χ2v) is 14.5. The minimum absolute atomic E-state index is 0.0194. The van der Waals surface area contributed by atoms with Gasteiger partial charge in [0.15, 0.2) is 0 Å². The lowest BCUT2D eigenvalue weighted by Gasteiger charge is -2.26. The number of rotatable bonds is 6. The number of fused-ring (bicyclic) bond motifs is 6. The highest BCUT2D eigenvalue weighted by Crippen LogP contribution is 2.49. The third kappa shape index (κ3) is 5.18. The van der Waals surface area contributed by atoms with Crippen LogP contribution in [-0.4, -0.2) is 0 Å². The van der Waals surface area contributed by atoms with Gasteiger partial charge in [-0.2, -0.15) is 0 Å². The second-order valence-electron chi connectivity index (χ2n) is 14.5. The lowest BCUT2D eigenvalue weighted by molar-refractivity contribution is 0.660. The van der Waals surface area contributed by atoms with Gasteiger partial charge in [0.1, 0.15) is 11.2 Å². The molecule has 0 saturated heterocycles. The maximum atomic E-state index is 6.18. The second kappa shape index (κ2) is 12.3. The molecular weight excluding hydrogens is 643 g/mol. The van der Waals surface area contributed by atoms with Crippen molar-refractivity contribution in [2.75, 3.05) is 4.90 Å². The van der Waals surface area contributed by atoms with Crippen LogP contribution in [0.3, 0.4) is 0 Å². The predicted octanol–water partition coefficient (Wildman–Crippen LogP) is 14.4. The van der Waals surface area contributed by atoms with Gasteiger partial charge in [-0.15, -0.1) is 0 Å². The minimum Gasteiger partial charge on any atom is -0.456 e. The van der Waals surface area contributed by atoms with E-state index in [2.05, 4.69) is 195 Å². The minimum atomic E-state index is 0.0194. The molecule has 1 heterocycles. The number of hydrogen-bond donors (Lipinski definition) is 0. The Morgan fingerprint density at radius 3 is 1.62 bits per heavy atom. The van der Waals surface area contributed by atoms with Crippen molar-refractivity contribution in [3.05, 3.63) is 199 Å². The lowest BCUT2D eigenvalue weighted by atomic mass is 9.82. The first-order valence-electron chi connectivity index (χ1n) is 18.3. The van der Waals surface area contributed by atoms with Crippen molar-refractivity contribution in [3.63, 3.8) is 0 Å². The molecule has 2 nitrogen and oxygen atoms in total. The van der Waals surface area contributed by atoms with Crippen LogP contribution in [-0.2, 0) is 5.41 Å². The number of anilines is 3. The van der Waals surface area contributed by atoms with E-state index in [1.165, 1.54) is 50.1 Å². The molecule has 2 heteroatoms. The molecule has 0 radical (unpaired) electrons. The molecule has 53 heavy (non-hydrogen) atoms. The highest BCUT2D eigenvalue weighted by atomic mass is 16.3. The van der Waals surface area contributed by atoms with E-state index in [0.717, 1.165) is 44.6 Å². The van der Waals surface area contributed by atoms with Crippen LogP contribution in [0.1, 0.15) is 25.0 Å². The van der Waals surface area contributed by atoms with Crippen LogP contribution < -0.4 is 4.90 Å². The first kappa shape index (κ1) is 31.1. The fourth-order valence-electron chi connectivity index (χ4n) is 8.39. The van der Waals surface area contributed by atoms with Crippen LogP contribution in [0, 0.1) is 0 Å². The van der Waals surface area contributed by atoms with Crippen molar-refractivity contribution >= 4 is 39.0 Å². The Hall–Kier alpha value is -6.64. The molecule has 0 aliphatic heterocycles. The smallest absolute Gasteiger partial charge is 0.136 e. The Balaban J connectivity index is 0.948. The summed E-state index contributed by atoms with van der Waals surface area (Å²) in [5.74, 6) is 0. The topological polar surface area (TPSA) is 16.4 Å². The Morgan fingerprint density at radius 1 is 0.377 bits per heavy atom. The van der Waals surface area contributed by atoms with Crippen LogP contribution in [0.25, 0.3) is 66.4 Å². The van der Waals surface area contributed by atoms with Gasteiger partial charge < -0.3 is 9.32 Å². The average molecular weight is 680 g/mol. The molecule has 1 aromatic heterocycles. The maximum absolute atomic E-state index is 6.18. The molecule has 0 spiro atoms. The van der Waals surface area contributed by atoms with Gasteiger partial charge in [-0.05, 0) is 110 Å². The van der Waals surface area contributed by atoms with Gasteiger partial charge in [0.2, 0.25) is 0 Å². The molecule has 0 bridgehead atoms. The van der Waals surface area contributed by atoms with E-state index in [1.807, 2.05) is 12.1 Å². The van der Waals surface area contributed by atoms with E-state index < -0.39 is 0 Å². The molecule has 0 N–H and O–H groups in total. The van der Waals surface area contributed by atoms with Gasteiger partial charge in [-0.1, -0.05) is 147 Å². The van der Waals surface area contributed by atoms with Crippen LogP contribution in [0.4, 0.5) is 17.1 Å².